The van der Waals surface area contributed by atoms with Crippen LogP contribution in [0, 0.1) is 5.92 Å². The van der Waals surface area contributed by atoms with Crippen LogP contribution in [0.1, 0.15) is 52.9 Å². The molecule has 0 aromatic heterocycles. The standard InChI is InChI=1S/C18H33N3O3Si/c1-7-15(10-8-9-12-20-21-19)17(14-16(23)11-13-22)24-25(5,6)18(2,3)4/h7,13,15,17H,1,8-12,14H2,2-6H3/t15-,17-/m0/s1. The van der Waals surface area contributed by atoms with E-state index >= 15 is 0 Å². The van der Waals surface area contributed by atoms with E-state index in [0.29, 0.717) is 12.8 Å². The predicted octanol–water partition coefficient (Wildman–Crippen LogP) is 5.21. The Bertz CT molecular complexity index is 494. The van der Waals surface area contributed by atoms with Crippen LogP contribution in [0.5, 0.6) is 0 Å². The first-order chi connectivity index (χ1) is 11.6. The van der Waals surface area contributed by atoms with Crippen LogP contribution in [0.3, 0.4) is 0 Å². The lowest BCUT2D eigenvalue weighted by molar-refractivity contribution is -0.124. The van der Waals surface area contributed by atoms with Crippen molar-refractivity contribution in [3.63, 3.8) is 0 Å². The first-order valence-electron chi connectivity index (χ1n) is 8.85. The minimum Gasteiger partial charge on any atom is -0.413 e. The molecule has 0 aliphatic carbocycles. The Hall–Kier alpha value is -1.43. The van der Waals surface area contributed by atoms with Gasteiger partial charge in [0.25, 0.3) is 0 Å². The molecule has 2 atom stereocenters. The topological polar surface area (TPSA) is 92.1 Å². The number of unbranched alkanes of at least 4 members (excludes halogenated alkanes) is 1. The van der Waals surface area contributed by atoms with Crippen LogP contribution in [0.2, 0.25) is 18.1 Å². The van der Waals surface area contributed by atoms with Crippen LogP contribution in [-0.4, -0.2) is 33.0 Å². The number of carbonyl (C=O) groups is 2. The second kappa shape index (κ2) is 11.2. The molecule has 0 aliphatic rings. The molecule has 0 amide bonds. The summed E-state index contributed by atoms with van der Waals surface area (Å²) in [5, 5.41) is 3.58. The molecule has 0 N–H and O–H groups in total. The monoisotopic (exact) mass is 367 g/mol. The summed E-state index contributed by atoms with van der Waals surface area (Å²) in [5.74, 6) is -0.0598. The van der Waals surface area contributed by atoms with Gasteiger partial charge < -0.3 is 9.22 Å². The number of ketones is 1. The maximum Gasteiger partial charge on any atom is 0.192 e. The number of aldehydes is 1. The zero-order chi connectivity index (χ0) is 19.5. The summed E-state index contributed by atoms with van der Waals surface area (Å²) in [6, 6.07) is 0. The Morgan fingerprint density at radius 3 is 2.48 bits per heavy atom. The van der Waals surface area contributed by atoms with E-state index < -0.39 is 8.32 Å². The number of nitrogens with zero attached hydrogens (tertiary/aromatic N) is 3. The molecule has 142 valence electrons. The van der Waals surface area contributed by atoms with Crippen molar-refractivity contribution in [2.45, 2.75) is 77.1 Å². The molecular formula is C18H33N3O3Si. The van der Waals surface area contributed by atoms with Crippen LogP contribution >= 0.6 is 0 Å². The van der Waals surface area contributed by atoms with E-state index in [1.54, 1.807) is 0 Å². The summed E-state index contributed by atoms with van der Waals surface area (Å²) in [6.45, 7) is 15.2. The second-order valence-electron chi connectivity index (χ2n) is 7.88. The molecule has 0 saturated carbocycles. The highest BCUT2D eigenvalue weighted by Crippen LogP contribution is 2.39. The number of carbonyl (C=O) groups excluding carboxylic acids is 2. The zero-order valence-electron chi connectivity index (χ0n) is 16.3. The molecule has 6 nitrogen and oxygen atoms in total. The molecule has 25 heavy (non-hydrogen) atoms. The maximum atomic E-state index is 12.0. The minimum absolute atomic E-state index is 0.0339. The van der Waals surface area contributed by atoms with Gasteiger partial charge in [-0.05, 0) is 36.5 Å². The summed E-state index contributed by atoms with van der Waals surface area (Å²) in [6.07, 6.45) is 4.88. The molecule has 0 aromatic rings. The Kier molecular flexibility index (Phi) is 10.6. The molecule has 0 spiro atoms. The molecule has 0 heterocycles. The van der Waals surface area contributed by atoms with Gasteiger partial charge in [0.05, 0.1) is 12.5 Å². The number of rotatable bonds is 13. The van der Waals surface area contributed by atoms with Gasteiger partial charge in [-0.2, -0.15) is 0 Å². The van der Waals surface area contributed by atoms with Gasteiger partial charge in [0.1, 0.15) is 12.1 Å². The highest BCUT2D eigenvalue weighted by Gasteiger charge is 2.40. The summed E-state index contributed by atoms with van der Waals surface area (Å²) >= 11 is 0. The maximum absolute atomic E-state index is 12.0. The van der Waals surface area contributed by atoms with Crippen LogP contribution < -0.4 is 0 Å². The fourth-order valence-electron chi connectivity index (χ4n) is 2.30. The number of Topliss-reactive ketones (excluding diaryl/α,β-unsaturated/α-hetero) is 1. The Balaban J connectivity index is 5.11. The van der Waals surface area contributed by atoms with Crippen LogP contribution in [0.4, 0.5) is 0 Å². The van der Waals surface area contributed by atoms with Crippen molar-refractivity contribution in [1.29, 1.82) is 0 Å². The molecule has 0 unspecified atom stereocenters. The van der Waals surface area contributed by atoms with E-state index in [0.717, 1.165) is 19.3 Å². The van der Waals surface area contributed by atoms with Crippen LogP contribution in [0.25, 0.3) is 10.4 Å². The van der Waals surface area contributed by atoms with Crippen molar-refractivity contribution >= 4 is 20.4 Å². The van der Waals surface area contributed by atoms with Crippen LogP contribution in [0.15, 0.2) is 17.8 Å². The lowest BCUT2D eigenvalue weighted by atomic mass is 9.92. The quantitative estimate of drug-likeness (QED) is 0.0654. The average Bonchev–Trinajstić information content (AvgIpc) is 2.49. The van der Waals surface area contributed by atoms with E-state index in [-0.39, 0.29) is 35.7 Å². The van der Waals surface area contributed by atoms with Gasteiger partial charge in [0.15, 0.2) is 8.32 Å². The van der Waals surface area contributed by atoms with E-state index in [1.165, 1.54) is 0 Å². The molecule has 0 rings (SSSR count). The Morgan fingerprint density at radius 2 is 2.00 bits per heavy atom. The third-order valence-corrected chi connectivity index (χ3v) is 9.39. The molecule has 0 fully saturated rings. The Labute approximate surface area is 152 Å². The zero-order valence-corrected chi connectivity index (χ0v) is 17.3. The van der Waals surface area contributed by atoms with Crippen molar-refractivity contribution in [2.75, 3.05) is 6.54 Å². The highest BCUT2D eigenvalue weighted by molar-refractivity contribution is 6.74. The molecule has 0 aromatic carbocycles. The molecule has 0 aliphatic heterocycles. The number of azide groups is 1. The third kappa shape index (κ3) is 9.00. The first-order valence-corrected chi connectivity index (χ1v) is 11.8. The minimum atomic E-state index is -2.05. The normalized spacial score (nSPS) is 14.3. The van der Waals surface area contributed by atoms with Gasteiger partial charge >= 0.3 is 0 Å². The third-order valence-electron chi connectivity index (χ3n) is 4.88. The van der Waals surface area contributed by atoms with Gasteiger partial charge in [-0.3, -0.25) is 4.79 Å². The molecule has 0 saturated heterocycles. The van der Waals surface area contributed by atoms with Crippen molar-refractivity contribution in [1.82, 2.24) is 0 Å². The SMILES string of the molecule is C=C[C@@H](CCCCN=[N+]=[N-])[C@H](CC(=O)CC=O)O[Si](C)(C)C(C)(C)C. The first kappa shape index (κ1) is 23.6. The number of hydrogen-bond donors (Lipinski definition) is 0. The fraction of sp³-hybridized carbons (Fsp3) is 0.778. The van der Waals surface area contributed by atoms with E-state index in [9.17, 15) is 9.59 Å². The molecule has 0 bridgehead atoms. The van der Waals surface area contributed by atoms with Gasteiger partial charge in [-0.25, -0.2) is 0 Å². The van der Waals surface area contributed by atoms with Crippen molar-refractivity contribution in [2.24, 2.45) is 11.0 Å². The molecule has 0 radical (unpaired) electrons. The largest absolute Gasteiger partial charge is 0.413 e. The highest BCUT2D eigenvalue weighted by atomic mass is 28.4. The summed E-state index contributed by atoms with van der Waals surface area (Å²) in [5.41, 5.74) is 8.32. The fourth-order valence-corrected chi connectivity index (χ4v) is 3.67. The van der Waals surface area contributed by atoms with E-state index in [1.807, 2.05) is 6.08 Å². The van der Waals surface area contributed by atoms with E-state index in [2.05, 4.69) is 50.5 Å². The number of hydrogen-bond acceptors (Lipinski definition) is 4. The van der Waals surface area contributed by atoms with Crippen LogP contribution in [-0.2, 0) is 14.0 Å². The second-order valence-corrected chi connectivity index (χ2v) is 12.6. The van der Waals surface area contributed by atoms with Crippen molar-refractivity contribution in [3.05, 3.63) is 23.1 Å². The van der Waals surface area contributed by atoms with E-state index in [4.69, 9.17) is 9.96 Å². The summed E-state index contributed by atoms with van der Waals surface area (Å²) in [7, 11) is -2.05. The van der Waals surface area contributed by atoms with Gasteiger partial charge in [-0.1, -0.05) is 38.4 Å². The smallest absolute Gasteiger partial charge is 0.192 e. The molecular weight excluding hydrogens is 334 g/mol. The summed E-state index contributed by atoms with van der Waals surface area (Å²) in [4.78, 5) is 25.4. The van der Waals surface area contributed by atoms with Crippen molar-refractivity contribution in [3.8, 4) is 0 Å². The lowest BCUT2D eigenvalue weighted by Crippen LogP contribution is -2.46. The Morgan fingerprint density at radius 1 is 1.36 bits per heavy atom. The lowest BCUT2D eigenvalue weighted by Gasteiger charge is -2.41. The summed E-state index contributed by atoms with van der Waals surface area (Å²) < 4.78 is 6.50. The van der Waals surface area contributed by atoms with Crippen molar-refractivity contribution < 1.29 is 14.0 Å². The predicted molar refractivity (Wildman–Crippen MR) is 104 cm³/mol. The van der Waals surface area contributed by atoms with Gasteiger partial charge in [0.2, 0.25) is 0 Å². The molecule has 7 heteroatoms. The van der Waals surface area contributed by atoms with Gasteiger partial charge in [0, 0.05) is 23.8 Å². The average molecular weight is 368 g/mol. The van der Waals surface area contributed by atoms with Gasteiger partial charge in [-0.15, -0.1) is 6.58 Å².